The number of alkyl halides is 3. The molecule has 2 rings (SSSR count). The lowest BCUT2D eigenvalue weighted by Gasteiger charge is -2.14. The van der Waals surface area contributed by atoms with Crippen molar-refractivity contribution in [1.29, 1.82) is 0 Å². The largest absolute Gasteiger partial charge is 0.416 e. The van der Waals surface area contributed by atoms with E-state index < -0.39 is 11.7 Å². The predicted octanol–water partition coefficient (Wildman–Crippen LogP) is 3.61. The van der Waals surface area contributed by atoms with Crippen LogP contribution in [-0.4, -0.2) is 19.7 Å². The fourth-order valence-corrected chi connectivity index (χ4v) is 2.39. The van der Waals surface area contributed by atoms with Crippen LogP contribution >= 0.6 is 0 Å². The van der Waals surface area contributed by atoms with Crippen LogP contribution in [0.4, 0.5) is 13.2 Å². The van der Waals surface area contributed by atoms with Crippen LogP contribution < -0.4 is 5.32 Å². The van der Waals surface area contributed by atoms with Gasteiger partial charge in [0.2, 0.25) is 0 Å². The van der Waals surface area contributed by atoms with Gasteiger partial charge in [-0.2, -0.15) is 13.2 Å². The van der Waals surface area contributed by atoms with Crippen LogP contribution in [0.15, 0.2) is 24.3 Å². The summed E-state index contributed by atoms with van der Waals surface area (Å²) in [7, 11) is 0. The molecular formula is C15H20F3NO. The lowest BCUT2D eigenvalue weighted by Crippen LogP contribution is -2.15. The van der Waals surface area contributed by atoms with Gasteiger partial charge in [-0.25, -0.2) is 0 Å². The second kappa shape index (κ2) is 7.09. The van der Waals surface area contributed by atoms with Crippen molar-refractivity contribution in [2.75, 3.05) is 19.7 Å². The van der Waals surface area contributed by atoms with Gasteiger partial charge in [-0.3, -0.25) is 0 Å². The minimum absolute atomic E-state index is 0.377. The fraction of sp³-hybridized carbons (Fsp3) is 0.600. The van der Waals surface area contributed by atoms with Crippen LogP contribution in [0.5, 0.6) is 0 Å². The minimum Gasteiger partial charge on any atom is -0.376 e. The monoisotopic (exact) mass is 287 g/mol. The molecule has 0 radical (unpaired) electrons. The molecule has 0 aliphatic carbocycles. The summed E-state index contributed by atoms with van der Waals surface area (Å²) in [6.07, 6.45) is -0.853. The summed E-state index contributed by atoms with van der Waals surface area (Å²) in [4.78, 5) is 0. The Morgan fingerprint density at radius 2 is 1.85 bits per heavy atom. The number of benzene rings is 1. The Morgan fingerprint density at radius 3 is 2.55 bits per heavy atom. The van der Waals surface area contributed by atoms with Gasteiger partial charge in [0.25, 0.3) is 0 Å². The Kier molecular flexibility index (Phi) is 5.43. The Bertz CT molecular complexity index is 395. The smallest absolute Gasteiger partial charge is 0.376 e. The summed E-state index contributed by atoms with van der Waals surface area (Å²) in [5.41, 5.74) is 0.167. The number of rotatable bonds is 4. The maximum Gasteiger partial charge on any atom is 0.416 e. The number of ether oxygens (including phenoxy) is 1. The first-order valence-corrected chi connectivity index (χ1v) is 7.00. The van der Waals surface area contributed by atoms with Crippen LogP contribution in [-0.2, 0) is 17.5 Å². The normalized spacial score (nSPS) is 20.6. The number of hydrogen-bond donors (Lipinski definition) is 1. The lowest BCUT2D eigenvalue weighted by atomic mass is 10.0. The number of nitrogens with one attached hydrogen (secondary N) is 1. The molecule has 1 aromatic rings. The van der Waals surface area contributed by atoms with Gasteiger partial charge in [-0.15, -0.1) is 0 Å². The second-order valence-electron chi connectivity index (χ2n) is 5.26. The standard InChI is InChI=1S/C15H20F3NO/c16-15(17,18)14-5-3-13(4-6-14)11-20-10-12-2-1-8-19-9-7-12/h3-6,12,19H,1-2,7-11H2. The van der Waals surface area contributed by atoms with E-state index in [-0.39, 0.29) is 0 Å². The molecule has 5 heteroatoms. The molecule has 1 N–H and O–H groups in total. The fourth-order valence-electron chi connectivity index (χ4n) is 2.39. The van der Waals surface area contributed by atoms with Gasteiger partial charge in [0.15, 0.2) is 0 Å². The number of hydrogen-bond acceptors (Lipinski definition) is 2. The Morgan fingerprint density at radius 1 is 1.10 bits per heavy atom. The molecule has 1 aromatic carbocycles. The van der Waals surface area contributed by atoms with E-state index in [0.29, 0.717) is 19.1 Å². The van der Waals surface area contributed by atoms with E-state index in [9.17, 15) is 13.2 Å². The van der Waals surface area contributed by atoms with Crippen molar-refractivity contribution in [2.45, 2.75) is 32.0 Å². The molecule has 1 aliphatic rings. The van der Waals surface area contributed by atoms with E-state index in [0.717, 1.165) is 50.0 Å². The van der Waals surface area contributed by atoms with E-state index in [1.54, 1.807) is 0 Å². The molecule has 20 heavy (non-hydrogen) atoms. The molecule has 0 saturated carbocycles. The Balaban J connectivity index is 1.76. The molecule has 1 atom stereocenters. The van der Waals surface area contributed by atoms with Gasteiger partial charge in [0.05, 0.1) is 12.2 Å². The summed E-state index contributed by atoms with van der Waals surface area (Å²) in [6, 6.07) is 5.18. The average Bonchev–Trinajstić information content (AvgIpc) is 2.67. The van der Waals surface area contributed by atoms with Crippen LogP contribution in [0.25, 0.3) is 0 Å². The summed E-state index contributed by atoms with van der Waals surface area (Å²) in [6.45, 7) is 3.15. The maximum atomic E-state index is 12.4. The molecule has 0 spiro atoms. The highest BCUT2D eigenvalue weighted by molar-refractivity contribution is 5.24. The first-order valence-electron chi connectivity index (χ1n) is 7.00. The molecule has 2 nitrogen and oxygen atoms in total. The highest BCUT2D eigenvalue weighted by Crippen LogP contribution is 2.29. The van der Waals surface area contributed by atoms with Crippen molar-refractivity contribution >= 4 is 0 Å². The molecule has 1 heterocycles. The third-order valence-electron chi connectivity index (χ3n) is 3.60. The summed E-state index contributed by atoms with van der Waals surface area (Å²) in [5.74, 6) is 0.555. The van der Waals surface area contributed by atoms with Crippen molar-refractivity contribution in [2.24, 2.45) is 5.92 Å². The molecule has 0 bridgehead atoms. The first-order chi connectivity index (χ1) is 9.55. The van der Waals surface area contributed by atoms with E-state index >= 15 is 0 Å². The zero-order valence-corrected chi connectivity index (χ0v) is 11.4. The minimum atomic E-state index is -4.27. The highest BCUT2D eigenvalue weighted by Gasteiger charge is 2.29. The topological polar surface area (TPSA) is 21.3 Å². The third kappa shape index (κ3) is 4.80. The van der Waals surface area contributed by atoms with E-state index in [2.05, 4.69) is 5.32 Å². The average molecular weight is 287 g/mol. The number of halogens is 3. The van der Waals surface area contributed by atoms with Crippen molar-refractivity contribution in [3.8, 4) is 0 Å². The zero-order valence-electron chi connectivity index (χ0n) is 11.4. The van der Waals surface area contributed by atoms with Crippen molar-refractivity contribution < 1.29 is 17.9 Å². The van der Waals surface area contributed by atoms with E-state index in [4.69, 9.17) is 4.74 Å². The van der Waals surface area contributed by atoms with Crippen molar-refractivity contribution in [3.05, 3.63) is 35.4 Å². The van der Waals surface area contributed by atoms with Crippen LogP contribution in [0, 0.1) is 5.92 Å². The summed E-state index contributed by atoms with van der Waals surface area (Å²) in [5, 5.41) is 3.34. The van der Waals surface area contributed by atoms with Crippen molar-refractivity contribution in [3.63, 3.8) is 0 Å². The molecule has 0 amide bonds. The Hall–Kier alpha value is -1.07. The summed E-state index contributed by atoms with van der Waals surface area (Å²) >= 11 is 0. The first kappa shape index (κ1) is 15.3. The summed E-state index contributed by atoms with van der Waals surface area (Å²) < 4.78 is 42.9. The predicted molar refractivity (Wildman–Crippen MR) is 71.3 cm³/mol. The second-order valence-corrected chi connectivity index (χ2v) is 5.26. The van der Waals surface area contributed by atoms with Crippen LogP contribution in [0.2, 0.25) is 0 Å². The lowest BCUT2D eigenvalue weighted by molar-refractivity contribution is -0.137. The Labute approximate surface area is 117 Å². The molecule has 1 saturated heterocycles. The quantitative estimate of drug-likeness (QED) is 0.913. The molecule has 1 aliphatic heterocycles. The SMILES string of the molecule is FC(F)(F)c1ccc(COCC2CCCNCC2)cc1. The highest BCUT2D eigenvalue weighted by atomic mass is 19.4. The van der Waals surface area contributed by atoms with Gasteiger partial charge in [-0.1, -0.05) is 12.1 Å². The zero-order chi connectivity index (χ0) is 14.4. The van der Waals surface area contributed by atoms with Gasteiger partial charge < -0.3 is 10.1 Å². The van der Waals surface area contributed by atoms with Gasteiger partial charge >= 0.3 is 6.18 Å². The van der Waals surface area contributed by atoms with Crippen LogP contribution in [0.3, 0.4) is 0 Å². The molecular weight excluding hydrogens is 267 g/mol. The van der Waals surface area contributed by atoms with Gasteiger partial charge in [0.1, 0.15) is 0 Å². The van der Waals surface area contributed by atoms with Gasteiger partial charge in [0, 0.05) is 6.61 Å². The van der Waals surface area contributed by atoms with Gasteiger partial charge in [-0.05, 0) is 56.0 Å². The molecule has 112 valence electrons. The van der Waals surface area contributed by atoms with E-state index in [1.807, 2.05) is 0 Å². The molecule has 1 unspecified atom stereocenters. The van der Waals surface area contributed by atoms with Crippen LogP contribution in [0.1, 0.15) is 30.4 Å². The molecule has 1 fully saturated rings. The maximum absolute atomic E-state index is 12.4. The third-order valence-corrected chi connectivity index (χ3v) is 3.60. The van der Waals surface area contributed by atoms with Crippen molar-refractivity contribution in [1.82, 2.24) is 5.32 Å². The molecule has 0 aromatic heterocycles. The van der Waals surface area contributed by atoms with E-state index in [1.165, 1.54) is 12.1 Å².